The molecule has 2 aromatic rings. The van der Waals surface area contributed by atoms with Crippen molar-refractivity contribution in [1.82, 2.24) is 0 Å². The highest BCUT2D eigenvalue weighted by molar-refractivity contribution is 5.90. The third kappa shape index (κ3) is 15.6. The van der Waals surface area contributed by atoms with Gasteiger partial charge in [-0.3, -0.25) is 0 Å². The molecule has 12 heteroatoms. The quantitative estimate of drug-likeness (QED) is 0.0640. The van der Waals surface area contributed by atoms with Gasteiger partial charge in [-0.25, -0.2) is 28.8 Å². The van der Waals surface area contributed by atoms with E-state index in [1.807, 2.05) is 24.3 Å². The van der Waals surface area contributed by atoms with Gasteiger partial charge in [-0.15, -0.1) is 0 Å². The van der Waals surface area contributed by atoms with Crippen molar-refractivity contribution >= 4 is 35.8 Å². The molecule has 0 unspecified atom stereocenters. The van der Waals surface area contributed by atoms with Gasteiger partial charge in [0.05, 0.1) is 0 Å². The standard InChI is InChI=1S/C23H24O4.C21H28O8/c1-15(2)21(24)26-19-11-7-17(8-12-19)23(5,6)18-9-13-20(14-10-18)27-22(25)16(3)4;1-13(2)17(22)26-9-21(10-27-18(23)14(3)4,11-28-19(24)15(5)6)12-29-20(25)16(7)8/h7-14H,1,3H2,2,4-6H3;1,3,5,7,9-12H2,2,4,6,8H3. The van der Waals surface area contributed by atoms with Crippen molar-refractivity contribution in [1.29, 1.82) is 0 Å². The lowest BCUT2D eigenvalue weighted by Gasteiger charge is -2.31. The molecule has 300 valence electrons. The molecule has 0 atom stereocenters. The maximum atomic E-state index is 11.8. The summed E-state index contributed by atoms with van der Waals surface area (Å²) < 4.78 is 31.1. The zero-order chi connectivity index (χ0) is 43.0. The van der Waals surface area contributed by atoms with Crippen molar-refractivity contribution in [2.75, 3.05) is 26.4 Å². The average molecular weight is 773 g/mol. The topological polar surface area (TPSA) is 158 Å². The van der Waals surface area contributed by atoms with E-state index in [9.17, 15) is 28.8 Å². The van der Waals surface area contributed by atoms with Gasteiger partial charge in [0, 0.05) is 38.9 Å². The van der Waals surface area contributed by atoms with Crippen LogP contribution < -0.4 is 9.47 Å². The molecule has 0 saturated carbocycles. The summed E-state index contributed by atoms with van der Waals surface area (Å²) in [5.41, 5.74) is 1.71. The van der Waals surface area contributed by atoms with Crippen LogP contribution in [0.2, 0.25) is 0 Å². The number of esters is 6. The summed E-state index contributed by atoms with van der Waals surface area (Å²) in [6.45, 7) is 32.8. The van der Waals surface area contributed by atoms with Crippen LogP contribution in [-0.2, 0) is 53.1 Å². The van der Waals surface area contributed by atoms with Gasteiger partial charge in [0.2, 0.25) is 0 Å². The van der Waals surface area contributed by atoms with Crippen molar-refractivity contribution in [3.05, 3.63) is 133 Å². The minimum atomic E-state index is -1.37. The van der Waals surface area contributed by atoms with E-state index < -0.39 is 41.2 Å². The first kappa shape index (κ1) is 47.7. The van der Waals surface area contributed by atoms with E-state index >= 15 is 0 Å². The number of carbonyl (C=O) groups excluding carboxylic acids is 6. The second kappa shape index (κ2) is 21.6. The summed E-state index contributed by atoms with van der Waals surface area (Å²) >= 11 is 0. The van der Waals surface area contributed by atoms with Gasteiger partial charge in [0.1, 0.15) is 43.3 Å². The Balaban J connectivity index is 0.000000561. The van der Waals surface area contributed by atoms with E-state index in [0.29, 0.717) is 22.6 Å². The predicted molar refractivity (Wildman–Crippen MR) is 211 cm³/mol. The van der Waals surface area contributed by atoms with E-state index in [2.05, 4.69) is 53.3 Å². The summed E-state index contributed by atoms with van der Waals surface area (Å²) in [7, 11) is 0. The van der Waals surface area contributed by atoms with E-state index in [1.54, 1.807) is 38.1 Å². The molecule has 2 aromatic carbocycles. The maximum absolute atomic E-state index is 11.8. The molecule has 0 radical (unpaired) electrons. The Hall–Kier alpha value is -6.30. The average Bonchev–Trinajstić information content (AvgIpc) is 3.13. The lowest BCUT2D eigenvalue weighted by atomic mass is 9.78. The van der Waals surface area contributed by atoms with Gasteiger partial charge < -0.3 is 28.4 Å². The highest BCUT2D eigenvalue weighted by Gasteiger charge is 2.38. The Kier molecular flexibility index (Phi) is 18.4. The van der Waals surface area contributed by atoms with Gasteiger partial charge in [-0.05, 0) is 76.9 Å². The fourth-order valence-electron chi connectivity index (χ4n) is 4.05. The normalized spacial score (nSPS) is 10.6. The van der Waals surface area contributed by atoms with Crippen LogP contribution in [0.4, 0.5) is 0 Å². The molecule has 0 aromatic heterocycles. The zero-order valence-electron chi connectivity index (χ0n) is 33.6. The number of rotatable bonds is 18. The predicted octanol–water partition coefficient (Wildman–Crippen LogP) is 7.43. The highest BCUT2D eigenvalue weighted by atomic mass is 16.6. The molecule has 0 aliphatic rings. The first-order valence-corrected chi connectivity index (χ1v) is 17.2. The molecule has 0 heterocycles. The Labute approximate surface area is 329 Å². The van der Waals surface area contributed by atoms with Crippen LogP contribution in [0.5, 0.6) is 11.5 Å². The lowest BCUT2D eigenvalue weighted by molar-refractivity contribution is -0.165. The van der Waals surface area contributed by atoms with Crippen LogP contribution in [-0.4, -0.2) is 62.2 Å². The molecule has 12 nitrogen and oxygen atoms in total. The number of ether oxygens (including phenoxy) is 6. The fourth-order valence-corrected chi connectivity index (χ4v) is 4.05. The van der Waals surface area contributed by atoms with Crippen LogP contribution in [0.15, 0.2) is 121 Å². The maximum Gasteiger partial charge on any atom is 0.338 e. The van der Waals surface area contributed by atoms with Crippen LogP contribution in [0, 0.1) is 5.41 Å². The van der Waals surface area contributed by atoms with E-state index in [0.717, 1.165) is 11.1 Å². The van der Waals surface area contributed by atoms with E-state index in [4.69, 9.17) is 28.4 Å². The van der Waals surface area contributed by atoms with Crippen molar-refractivity contribution in [3.63, 3.8) is 0 Å². The summed E-state index contributed by atoms with van der Waals surface area (Å²) in [5, 5.41) is 0. The third-order valence-electron chi connectivity index (χ3n) is 7.70. The summed E-state index contributed by atoms with van der Waals surface area (Å²) in [4.78, 5) is 70.6. The molecule has 0 aliphatic heterocycles. The zero-order valence-corrected chi connectivity index (χ0v) is 33.6. The number of hydrogen-bond donors (Lipinski definition) is 0. The van der Waals surface area contributed by atoms with Crippen molar-refractivity contribution in [3.8, 4) is 11.5 Å². The Bertz CT molecular complexity index is 1680. The first-order valence-electron chi connectivity index (χ1n) is 17.2. The van der Waals surface area contributed by atoms with E-state index in [1.165, 1.54) is 27.7 Å². The minimum absolute atomic E-state index is 0.135. The van der Waals surface area contributed by atoms with Crippen molar-refractivity contribution < 1.29 is 57.2 Å². The first-order chi connectivity index (χ1) is 25.9. The second-order valence-corrected chi connectivity index (χ2v) is 13.9. The molecule has 56 heavy (non-hydrogen) atoms. The largest absolute Gasteiger partial charge is 0.461 e. The van der Waals surface area contributed by atoms with Crippen LogP contribution in [0.25, 0.3) is 0 Å². The van der Waals surface area contributed by atoms with Crippen LogP contribution >= 0.6 is 0 Å². The Morgan fingerprint density at radius 1 is 0.411 bits per heavy atom. The Morgan fingerprint density at radius 3 is 0.821 bits per heavy atom. The summed E-state index contributed by atoms with van der Waals surface area (Å²) in [6.07, 6.45) is 0. The van der Waals surface area contributed by atoms with Crippen LogP contribution in [0.1, 0.15) is 66.5 Å². The number of carbonyl (C=O) groups is 6. The molecule has 0 aliphatic carbocycles. The van der Waals surface area contributed by atoms with Gasteiger partial charge in [0.25, 0.3) is 0 Å². The van der Waals surface area contributed by atoms with Crippen molar-refractivity contribution in [2.24, 2.45) is 5.41 Å². The monoisotopic (exact) mass is 772 g/mol. The number of hydrogen-bond acceptors (Lipinski definition) is 12. The van der Waals surface area contributed by atoms with Crippen LogP contribution in [0.3, 0.4) is 0 Å². The third-order valence-corrected chi connectivity index (χ3v) is 7.70. The van der Waals surface area contributed by atoms with Gasteiger partial charge >= 0.3 is 35.8 Å². The molecule has 0 fully saturated rings. The van der Waals surface area contributed by atoms with Gasteiger partial charge in [0.15, 0.2) is 0 Å². The SMILES string of the molecule is C=C(C)C(=O)OCC(COC(=O)C(=C)C)(COC(=O)C(=C)C)COC(=O)C(=C)C.C=C(C)C(=O)Oc1ccc(C(C)(C)c2ccc(OC(=O)C(=C)C)cc2)cc1. The van der Waals surface area contributed by atoms with Gasteiger partial charge in [-0.2, -0.15) is 0 Å². The molecule has 0 N–H and O–H groups in total. The molecule has 0 amide bonds. The van der Waals surface area contributed by atoms with Crippen molar-refractivity contribution in [2.45, 2.75) is 60.8 Å². The Morgan fingerprint density at radius 2 is 0.625 bits per heavy atom. The fraction of sp³-hybridized carbons (Fsp3) is 0.318. The molecule has 0 spiro atoms. The number of benzene rings is 2. The highest BCUT2D eigenvalue weighted by Crippen LogP contribution is 2.33. The summed E-state index contributed by atoms with van der Waals surface area (Å²) in [5.74, 6) is -2.77. The molecule has 2 rings (SSSR count). The molecular weight excluding hydrogens is 720 g/mol. The lowest BCUT2D eigenvalue weighted by Crippen LogP contribution is -2.44. The van der Waals surface area contributed by atoms with Gasteiger partial charge in [-0.1, -0.05) is 77.6 Å². The smallest absolute Gasteiger partial charge is 0.338 e. The molecule has 0 saturated heterocycles. The second-order valence-electron chi connectivity index (χ2n) is 13.9. The molecule has 0 bridgehead atoms. The molecular formula is C44H52O12. The summed E-state index contributed by atoms with van der Waals surface area (Å²) in [6, 6.07) is 14.8. The van der Waals surface area contributed by atoms with E-state index in [-0.39, 0.29) is 54.1 Å². The minimum Gasteiger partial charge on any atom is -0.461 e.